The van der Waals surface area contributed by atoms with E-state index in [-0.39, 0.29) is 18.7 Å². The molecule has 1 atom stereocenters. The average molecular weight is 386 g/mol. The molecule has 0 fully saturated rings. The summed E-state index contributed by atoms with van der Waals surface area (Å²) in [4.78, 5) is 19.5. The fraction of sp³-hybridized carbons (Fsp3) is 0.400. The number of rotatable bonds is 6. The molecular formula is C20H22N2O4S. The maximum Gasteiger partial charge on any atom is 0.262 e. The molecule has 0 amide bonds. The van der Waals surface area contributed by atoms with E-state index in [0.29, 0.717) is 5.75 Å². The van der Waals surface area contributed by atoms with Crippen LogP contribution in [-0.4, -0.2) is 34.5 Å². The van der Waals surface area contributed by atoms with Crippen LogP contribution in [0.1, 0.15) is 23.3 Å². The highest BCUT2D eigenvalue weighted by Gasteiger charge is 2.20. The normalized spacial score (nSPS) is 14.7. The zero-order chi connectivity index (χ0) is 18.8. The first-order valence-electron chi connectivity index (χ1n) is 9.10. The molecule has 0 aliphatic heterocycles. The summed E-state index contributed by atoms with van der Waals surface area (Å²) >= 11 is 1.63. The van der Waals surface area contributed by atoms with E-state index in [0.717, 1.165) is 40.8 Å². The minimum atomic E-state index is -0.807. The minimum Gasteiger partial charge on any atom is -0.497 e. The summed E-state index contributed by atoms with van der Waals surface area (Å²) in [5.74, 6) is 1.38. The summed E-state index contributed by atoms with van der Waals surface area (Å²) in [5.41, 5.74) is 1.10. The van der Waals surface area contributed by atoms with E-state index >= 15 is 0 Å². The Labute approximate surface area is 161 Å². The number of aromatic nitrogens is 2. The lowest BCUT2D eigenvalue weighted by atomic mass is 9.97. The molecule has 0 spiro atoms. The summed E-state index contributed by atoms with van der Waals surface area (Å²) in [6.45, 7) is 0.251. The molecular weight excluding hydrogens is 364 g/mol. The van der Waals surface area contributed by atoms with Crippen molar-refractivity contribution in [3.8, 4) is 11.5 Å². The number of thiophene rings is 1. The van der Waals surface area contributed by atoms with E-state index in [1.54, 1.807) is 42.7 Å². The van der Waals surface area contributed by atoms with Gasteiger partial charge in [-0.3, -0.25) is 9.36 Å². The lowest BCUT2D eigenvalue weighted by Gasteiger charge is -2.14. The van der Waals surface area contributed by atoms with Crippen molar-refractivity contribution < 1.29 is 14.6 Å². The molecule has 0 radical (unpaired) electrons. The number of benzene rings is 1. The fourth-order valence-electron chi connectivity index (χ4n) is 3.46. The Hall–Kier alpha value is -2.38. The monoisotopic (exact) mass is 386 g/mol. The second-order valence-electron chi connectivity index (χ2n) is 6.73. The molecule has 6 nitrogen and oxygen atoms in total. The van der Waals surface area contributed by atoms with Gasteiger partial charge in [0.2, 0.25) is 0 Å². The van der Waals surface area contributed by atoms with Gasteiger partial charge in [-0.25, -0.2) is 4.98 Å². The van der Waals surface area contributed by atoms with Crippen LogP contribution in [0.25, 0.3) is 10.2 Å². The molecule has 27 heavy (non-hydrogen) atoms. The Bertz CT molecular complexity index is 994. The molecule has 1 aliphatic carbocycles. The van der Waals surface area contributed by atoms with Gasteiger partial charge in [0.05, 0.1) is 25.4 Å². The van der Waals surface area contributed by atoms with Gasteiger partial charge in [0.15, 0.2) is 0 Å². The fourth-order valence-corrected chi connectivity index (χ4v) is 4.67. The summed E-state index contributed by atoms with van der Waals surface area (Å²) in [7, 11) is 1.60. The highest BCUT2D eigenvalue weighted by Crippen LogP contribution is 2.33. The average Bonchev–Trinajstić information content (AvgIpc) is 3.08. The van der Waals surface area contributed by atoms with Crippen molar-refractivity contribution in [1.29, 1.82) is 0 Å². The zero-order valence-electron chi connectivity index (χ0n) is 15.2. The first-order chi connectivity index (χ1) is 13.2. The molecule has 142 valence electrons. The van der Waals surface area contributed by atoms with Crippen LogP contribution in [-0.2, 0) is 19.4 Å². The Morgan fingerprint density at radius 1 is 1.22 bits per heavy atom. The molecule has 2 aromatic heterocycles. The molecule has 0 saturated carbocycles. The number of aliphatic hydroxyl groups is 1. The van der Waals surface area contributed by atoms with Gasteiger partial charge in [-0.1, -0.05) is 0 Å². The van der Waals surface area contributed by atoms with Crippen LogP contribution >= 0.6 is 11.3 Å². The van der Waals surface area contributed by atoms with Gasteiger partial charge >= 0.3 is 0 Å². The lowest BCUT2D eigenvalue weighted by molar-refractivity contribution is 0.0914. The molecule has 2 heterocycles. The number of methoxy groups -OCH3 is 1. The highest BCUT2D eigenvalue weighted by molar-refractivity contribution is 7.18. The van der Waals surface area contributed by atoms with E-state index in [1.165, 1.54) is 22.2 Å². The highest BCUT2D eigenvalue weighted by atomic mass is 32.1. The predicted octanol–water partition coefficient (Wildman–Crippen LogP) is 2.79. The SMILES string of the molecule is COc1ccc(OCC(O)Cn2cnc3sc4c(c3c2=O)CCCC4)cc1. The van der Waals surface area contributed by atoms with E-state index < -0.39 is 6.10 Å². The van der Waals surface area contributed by atoms with Crippen LogP contribution in [0.3, 0.4) is 0 Å². The van der Waals surface area contributed by atoms with Crippen molar-refractivity contribution in [2.45, 2.75) is 38.3 Å². The van der Waals surface area contributed by atoms with Crippen LogP contribution in [0.5, 0.6) is 11.5 Å². The molecule has 0 bridgehead atoms. The minimum absolute atomic E-state index is 0.0668. The van der Waals surface area contributed by atoms with Gasteiger partial charge < -0.3 is 14.6 Å². The standard InChI is InChI=1S/C20H22N2O4S/c1-25-14-6-8-15(9-7-14)26-11-13(23)10-22-12-21-19-18(20(22)24)16-4-2-3-5-17(16)27-19/h6-9,12-13,23H,2-5,10-11H2,1H3. The topological polar surface area (TPSA) is 73.6 Å². The summed E-state index contributed by atoms with van der Waals surface area (Å²) < 4.78 is 12.2. The van der Waals surface area contributed by atoms with Gasteiger partial charge in [0, 0.05) is 4.88 Å². The van der Waals surface area contributed by atoms with Gasteiger partial charge in [-0.2, -0.15) is 0 Å². The quantitative estimate of drug-likeness (QED) is 0.705. The van der Waals surface area contributed by atoms with Gasteiger partial charge in [0.1, 0.15) is 29.0 Å². The largest absolute Gasteiger partial charge is 0.497 e. The van der Waals surface area contributed by atoms with E-state index in [1.807, 2.05) is 0 Å². The summed E-state index contributed by atoms with van der Waals surface area (Å²) in [6.07, 6.45) is 5.00. The maximum atomic E-state index is 12.9. The van der Waals surface area contributed by atoms with Crippen molar-refractivity contribution in [3.63, 3.8) is 0 Å². The molecule has 3 aromatic rings. The Morgan fingerprint density at radius 2 is 1.96 bits per heavy atom. The number of hydrogen-bond donors (Lipinski definition) is 1. The first-order valence-corrected chi connectivity index (χ1v) is 9.92. The zero-order valence-corrected chi connectivity index (χ0v) is 16.0. The van der Waals surface area contributed by atoms with Crippen molar-refractivity contribution in [2.75, 3.05) is 13.7 Å². The van der Waals surface area contributed by atoms with E-state index in [2.05, 4.69) is 4.98 Å². The van der Waals surface area contributed by atoms with Crippen molar-refractivity contribution in [2.24, 2.45) is 0 Å². The predicted molar refractivity (Wildman–Crippen MR) is 105 cm³/mol. The van der Waals surface area contributed by atoms with Crippen molar-refractivity contribution in [1.82, 2.24) is 9.55 Å². The third kappa shape index (κ3) is 3.70. The van der Waals surface area contributed by atoms with E-state index in [9.17, 15) is 9.90 Å². The number of ether oxygens (including phenoxy) is 2. The summed E-state index contributed by atoms with van der Waals surface area (Å²) in [6, 6.07) is 7.15. The number of hydrogen-bond acceptors (Lipinski definition) is 6. The van der Waals surface area contributed by atoms with Crippen molar-refractivity contribution >= 4 is 21.6 Å². The Morgan fingerprint density at radius 3 is 2.74 bits per heavy atom. The van der Waals surface area contributed by atoms with Crippen LogP contribution in [0.15, 0.2) is 35.4 Å². The maximum absolute atomic E-state index is 12.9. The third-order valence-electron chi connectivity index (χ3n) is 4.85. The Kier molecular flexibility index (Phi) is 5.13. The van der Waals surface area contributed by atoms with Crippen LogP contribution in [0.2, 0.25) is 0 Å². The van der Waals surface area contributed by atoms with Crippen LogP contribution < -0.4 is 15.0 Å². The molecule has 0 saturated heterocycles. The lowest BCUT2D eigenvalue weighted by Crippen LogP contribution is -2.30. The molecule has 1 N–H and O–H groups in total. The number of fused-ring (bicyclic) bond motifs is 3. The number of aryl methyl sites for hydroxylation is 2. The van der Waals surface area contributed by atoms with Crippen LogP contribution in [0.4, 0.5) is 0 Å². The van der Waals surface area contributed by atoms with Gasteiger partial charge in [-0.15, -0.1) is 11.3 Å². The Balaban J connectivity index is 1.47. The molecule has 4 rings (SSSR count). The van der Waals surface area contributed by atoms with Crippen LogP contribution in [0, 0.1) is 0 Å². The first kappa shape index (κ1) is 18.0. The van der Waals surface area contributed by atoms with E-state index in [4.69, 9.17) is 9.47 Å². The second kappa shape index (κ2) is 7.70. The summed E-state index contributed by atoms with van der Waals surface area (Å²) in [5, 5.41) is 11.1. The van der Waals surface area contributed by atoms with Crippen molar-refractivity contribution in [3.05, 3.63) is 51.4 Å². The smallest absolute Gasteiger partial charge is 0.262 e. The molecule has 1 unspecified atom stereocenters. The van der Waals surface area contributed by atoms with Gasteiger partial charge in [0.25, 0.3) is 5.56 Å². The second-order valence-corrected chi connectivity index (χ2v) is 7.82. The molecule has 7 heteroatoms. The molecule has 1 aliphatic rings. The van der Waals surface area contributed by atoms with Gasteiger partial charge in [-0.05, 0) is 55.5 Å². The molecule has 1 aromatic carbocycles. The third-order valence-corrected chi connectivity index (χ3v) is 6.05. The number of aliphatic hydroxyl groups excluding tert-OH is 1. The number of nitrogens with zero attached hydrogens (tertiary/aromatic N) is 2.